The van der Waals surface area contributed by atoms with Crippen LogP contribution in [0.15, 0.2) is 60.9 Å². The summed E-state index contributed by atoms with van der Waals surface area (Å²) in [5, 5.41) is 7.85. The zero-order chi connectivity index (χ0) is 19.2. The van der Waals surface area contributed by atoms with Crippen molar-refractivity contribution in [1.82, 2.24) is 20.2 Å². The zero-order valence-electron chi connectivity index (χ0n) is 15.1. The molecule has 0 unspecified atom stereocenters. The average molecular weight is 401 g/mol. The number of nitrogens with zero attached hydrogens (tertiary/aromatic N) is 2. The number of methoxy groups -OCH3 is 1. The van der Waals surface area contributed by atoms with Crippen molar-refractivity contribution in [3.8, 4) is 5.75 Å². The summed E-state index contributed by atoms with van der Waals surface area (Å²) in [7, 11) is 3.61. The lowest BCUT2D eigenvalue weighted by atomic mass is 10.1. The van der Waals surface area contributed by atoms with Crippen molar-refractivity contribution in [2.75, 3.05) is 7.11 Å². The maximum absolute atomic E-state index is 6.03. The number of aromatic nitrogens is 2. The van der Waals surface area contributed by atoms with E-state index >= 15 is 0 Å². The van der Waals surface area contributed by atoms with Gasteiger partial charge in [0.05, 0.1) is 7.11 Å². The third-order valence-electron chi connectivity index (χ3n) is 4.21. The highest BCUT2D eigenvalue weighted by molar-refractivity contribution is 7.80. The van der Waals surface area contributed by atoms with Gasteiger partial charge >= 0.3 is 0 Å². The van der Waals surface area contributed by atoms with Crippen molar-refractivity contribution >= 4 is 28.9 Å². The number of aryl methyl sites for hydroxylation is 1. The number of benzene rings is 2. The summed E-state index contributed by atoms with van der Waals surface area (Å²) in [6.45, 7) is 0.615. The van der Waals surface area contributed by atoms with Crippen LogP contribution in [0.5, 0.6) is 5.75 Å². The first-order valence-electron chi connectivity index (χ1n) is 8.47. The summed E-state index contributed by atoms with van der Waals surface area (Å²) < 4.78 is 7.15. The summed E-state index contributed by atoms with van der Waals surface area (Å²) in [5.74, 6) is 1.70. The third-order valence-corrected chi connectivity index (χ3v) is 4.72. The highest BCUT2D eigenvalue weighted by Crippen LogP contribution is 2.22. The Kier molecular flexibility index (Phi) is 6.32. The number of imidazole rings is 1. The van der Waals surface area contributed by atoms with Crippen LogP contribution in [-0.4, -0.2) is 21.8 Å². The van der Waals surface area contributed by atoms with E-state index in [-0.39, 0.29) is 6.04 Å². The van der Waals surface area contributed by atoms with E-state index in [0.29, 0.717) is 16.7 Å². The van der Waals surface area contributed by atoms with Gasteiger partial charge in [0.15, 0.2) is 5.11 Å². The first kappa shape index (κ1) is 19.2. The second-order valence-electron chi connectivity index (χ2n) is 6.06. The van der Waals surface area contributed by atoms with Crippen molar-refractivity contribution < 1.29 is 4.74 Å². The fourth-order valence-electron chi connectivity index (χ4n) is 2.72. The molecule has 7 heteroatoms. The number of hydrogen-bond acceptors (Lipinski definition) is 3. The molecule has 0 aliphatic carbocycles. The SMILES string of the molecule is COc1ccc(CNC(=S)N[C@@H](c2ccc(Cl)cc2)c2nccn2C)cc1. The van der Waals surface area contributed by atoms with Crippen LogP contribution in [0.4, 0.5) is 0 Å². The minimum Gasteiger partial charge on any atom is -0.497 e. The molecule has 0 radical (unpaired) electrons. The monoisotopic (exact) mass is 400 g/mol. The predicted octanol–water partition coefficient (Wildman–Crippen LogP) is 3.84. The van der Waals surface area contributed by atoms with Crippen LogP contribution in [0.2, 0.25) is 5.02 Å². The molecule has 0 amide bonds. The molecule has 0 saturated carbocycles. The van der Waals surface area contributed by atoms with Gasteiger partial charge in [-0.3, -0.25) is 0 Å². The lowest BCUT2D eigenvalue weighted by molar-refractivity contribution is 0.414. The Morgan fingerprint density at radius 3 is 2.48 bits per heavy atom. The van der Waals surface area contributed by atoms with Gasteiger partial charge in [0, 0.05) is 31.0 Å². The number of ether oxygens (including phenoxy) is 1. The Hall–Kier alpha value is -2.57. The highest BCUT2D eigenvalue weighted by Gasteiger charge is 2.19. The fraction of sp³-hybridized carbons (Fsp3) is 0.200. The smallest absolute Gasteiger partial charge is 0.167 e. The molecule has 140 valence electrons. The van der Waals surface area contributed by atoms with Gasteiger partial charge in [0.1, 0.15) is 17.6 Å². The van der Waals surface area contributed by atoms with Crippen LogP contribution >= 0.6 is 23.8 Å². The zero-order valence-corrected chi connectivity index (χ0v) is 16.7. The summed E-state index contributed by atoms with van der Waals surface area (Å²) in [6.07, 6.45) is 3.68. The van der Waals surface area contributed by atoms with Gasteiger partial charge in [-0.15, -0.1) is 0 Å². The van der Waals surface area contributed by atoms with Gasteiger partial charge in [0.25, 0.3) is 0 Å². The molecule has 3 rings (SSSR count). The van der Waals surface area contributed by atoms with E-state index in [1.807, 2.05) is 66.3 Å². The molecule has 0 saturated heterocycles. The molecule has 27 heavy (non-hydrogen) atoms. The Balaban J connectivity index is 1.70. The van der Waals surface area contributed by atoms with Crippen LogP contribution in [0.25, 0.3) is 0 Å². The van der Waals surface area contributed by atoms with Crippen LogP contribution in [0.3, 0.4) is 0 Å². The first-order valence-corrected chi connectivity index (χ1v) is 9.25. The van der Waals surface area contributed by atoms with Crippen molar-refractivity contribution in [1.29, 1.82) is 0 Å². The second-order valence-corrected chi connectivity index (χ2v) is 6.90. The summed E-state index contributed by atoms with van der Waals surface area (Å²) >= 11 is 11.5. The van der Waals surface area contributed by atoms with E-state index in [9.17, 15) is 0 Å². The van der Waals surface area contributed by atoms with Crippen LogP contribution < -0.4 is 15.4 Å². The predicted molar refractivity (Wildman–Crippen MR) is 112 cm³/mol. The average Bonchev–Trinajstić information content (AvgIpc) is 3.11. The third kappa shape index (κ3) is 4.99. The summed E-state index contributed by atoms with van der Waals surface area (Å²) in [4.78, 5) is 4.47. The molecule has 2 N–H and O–H groups in total. The molecule has 2 aromatic carbocycles. The molecule has 0 spiro atoms. The molecule has 0 aliphatic heterocycles. The van der Waals surface area contributed by atoms with Gasteiger partial charge in [-0.2, -0.15) is 0 Å². The quantitative estimate of drug-likeness (QED) is 0.616. The molecule has 1 atom stereocenters. The van der Waals surface area contributed by atoms with Gasteiger partial charge < -0.3 is 19.9 Å². The maximum atomic E-state index is 6.03. The Bertz CT molecular complexity index is 893. The van der Waals surface area contributed by atoms with Crippen LogP contribution in [0, 0.1) is 0 Å². The van der Waals surface area contributed by atoms with Gasteiger partial charge in [-0.1, -0.05) is 35.9 Å². The largest absolute Gasteiger partial charge is 0.497 e. The Labute approximate surface area is 169 Å². The maximum Gasteiger partial charge on any atom is 0.167 e. The van der Waals surface area contributed by atoms with Gasteiger partial charge in [0.2, 0.25) is 0 Å². The topological polar surface area (TPSA) is 51.1 Å². The summed E-state index contributed by atoms with van der Waals surface area (Å²) in [6, 6.07) is 15.4. The van der Waals surface area contributed by atoms with E-state index < -0.39 is 0 Å². The molecular formula is C20H21ClN4OS. The Morgan fingerprint density at radius 1 is 1.19 bits per heavy atom. The number of thiocarbonyl (C=S) groups is 1. The molecule has 1 heterocycles. The molecule has 0 bridgehead atoms. The van der Waals surface area contributed by atoms with Crippen LogP contribution in [0.1, 0.15) is 23.0 Å². The molecule has 0 aliphatic rings. The minimum atomic E-state index is -0.182. The van der Waals surface area contributed by atoms with E-state index in [1.54, 1.807) is 13.3 Å². The molecular weight excluding hydrogens is 380 g/mol. The number of nitrogens with one attached hydrogen (secondary N) is 2. The fourth-order valence-corrected chi connectivity index (χ4v) is 3.03. The number of hydrogen-bond donors (Lipinski definition) is 2. The lowest BCUT2D eigenvalue weighted by Gasteiger charge is -2.21. The molecule has 0 fully saturated rings. The Morgan fingerprint density at radius 2 is 1.89 bits per heavy atom. The van der Waals surface area contributed by atoms with Gasteiger partial charge in [-0.25, -0.2) is 4.98 Å². The summed E-state index contributed by atoms with van der Waals surface area (Å²) in [5.41, 5.74) is 2.14. The number of rotatable bonds is 6. The second kappa shape index (κ2) is 8.88. The minimum absolute atomic E-state index is 0.182. The van der Waals surface area contributed by atoms with Crippen molar-refractivity contribution in [2.45, 2.75) is 12.6 Å². The van der Waals surface area contributed by atoms with Crippen LogP contribution in [-0.2, 0) is 13.6 Å². The first-order chi connectivity index (χ1) is 13.1. The van der Waals surface area contributed by atoms with Gasteiger partial charge in [-0.05, 0) is 47.6 Å². The molecule has 3 aromatic rings. The normalized spacial score (nSPS) is 11.7. The van der Waals surface area contributed by atoms with E-state index in [0.717, 1.165) is 22.7 Å². The highest BCUT2D eigenvalue weighted by atomic mass is 35.5. The number of halogens is 1. The van der Waals surface area contributed by atoms with Crippen molar-refractivity contribution in [3.63, 3.8) is 0 Å². The lowest BCUT2D eigenvalue weighted by Crippen LogP contribution is -2.38. The molecule has 1 aromatic heterocycles. The van der Waals surface area contributed by atoms with E-state index in [4.69, 9.17) is 28.6 Å². The molecule has 5 nitrogen and oxygen atoms in total. The van der Waals surface area contributed by atoms with E-state index in [1.165, 1.54) is 0 Å². The van der Waals surface area contributed by atoms with Crippen molar-refractivity contribution in [2.24, 2.45) is 7.05 Å². The standard InChI is InChI=1S/C20H21ClN4OS/c1-25-12-11-22-19(25)18(15-5-7-16(21)8-6-15)24-20(27)23-13-14-3-9-17(26-2)10-4-14/h3-12,18H,13H2,1-2H3,(H2,23,24,27)/t18-/m0/s1. The van der Waals surface area contributed by atoms with Crippen molar-refractivity contribution in [3.05, 3.63) is 82.9 Å². The van der Waals surface area contributed by atoms with E-state index in [2.05, 4.69) is 15.6 Å².